The lowest BCUT2D eigenvalue weighted by Crippen LogP contribution is -2.47. The molecule has 1 aromatic carbocycles. The van der Waals surface area contributed by atoms with Crippen LogP contribution in [0.3, 0.4) is 0 Å². The van der Waals surface area contributed by atoms with Crippen LogP contribution in [0.15, 0.2) is 24.3 Å². The Balaban J connectivity index is 2.25. The first-order valence-electron chi connectivity index (χ1n) is 8.14. The number of nitrogens with two attached hydrogens (primary N) is 1. The Morgan fingerprint density at radius 1 is 1.29 bits per heavy atom. The molecule has 3 N–H and O–H groups in total. The number of amides is 1. The highest BCUT2D eigenvalue weighted by atomic mass is 16.2. The predicted octanol–water partition coefficient (Wildman–Crippen LogP) is 2.91. The number of carbonyl (C=O) groups is 1. The molecule has 1 amide bonds. The molecule has 0 radical (unpaired) electrons. The van der Waals surface area contributed by atoms with Crippen molar-refractivity contribution in [2.75, 3.05) is 13.1 Å². The van der Waals surface area contributed by atoms with E-state index in [1.807, 2.05) is 6.07 Å². The first-order chi connectivity index (χ1) is 10.1. The smallest absolute Gasteiger partial charge is 0.230 e. The Bertz CT molecular complexity index is 478. The molecular formula is C18H28N2O. The topological polar surface area (TPSA) is 55.1 Å². The molecule has 116 valence electrons. The third-order valence-electron chi connectivity index (χ3n) is 4.82. The average Bonchev–Trinajstić information content (AvgIpc) is 2.53. The van der Waals surface area contributed by atoms with Gasteiger partial charge in [-0.15, -0.1) is 0 Å². The normalized spacial score (nSPS) is 19.0. The van der Waals surface area contributed by atoms with Crippen molar-refractivity contribution in [2.45, 2.75) is 51.4 Å². The highest BCUT2D eigenvalue weighted by Crippen LogP contribution is 2.41. The summed E-state index contributed by atoms with van der Waals surface area (Å²) >= 11 is 0. The Kier molecular flexibility index (Phi) is 5.40. The van der Waals surface area contributed by atoms with E-state index in [2.05, 4.69) is 37.4 Å². The fourth-order valence-electron chi connectivity index (χ4n) is 3.40. The minimum absolute atomic E-state index is 0.191. The van der Waals surface area contributed by atoms with Gasteiger partial charge in [0.2, 0.25) is 5.91 Å². The molecule has 1 aromatic rings. The highest BCUT2D eigenvalue weighted by Gasteiger charge is 2.41. The summed E-state index contributed by atoms with van der Waals surface area (Å²) < 4.78 is 0. The summed E-state index contributed by atoms with van der Waals surface area (Å²) in [7, 11) is 0. The van der Waals surface area contributed by atoms with Crippen molar-refractivity contribution in [1.29, 1.82) is 0 Å². The van der Waals surface area contributed by atoms with E-state index < -0.39 is 0 Å². The van der Waals surface area contributed by atoms with E-state index in [9.17, 15) is 4.79 Å². The van der Waals surface area contributed by atoms with Gasteiger partial charge in [-0.25, -0.2) is 0 Å². The van der Waals surface area contributed by atoms with Gasteiger partial charge < -0.3 is 11.1 Å². The van der Waals surface area contributed by atoms with E-state index in [1.165, 1.54) is 17.5 Å². The van der Waals surface area contributed by atoms with E-state index in [0.717, 1.165) is 25.7 Å². The Labute approximate surface area is 128 Å². The second-order valence-corrected chi connectivity index (χ2v) is 6.51. The molecule has 1 aliphatic carbocycles. The van der Waals surface area contributed by atoms with Crippen LogP contribution in [0.2, 0.25) is 0 Å². The number of hydrogen-bond donors (Lipinski definition) is 2. The molecule has 1 atom stereocenters. The molecule has 0 spiro atoms. The van der Waals surface area contributed by atoms with E-state index in [1.54, 1.807) is 0 Å². The van der Waals surface area contributed by atoms with Crippen LogP contribution >= 0.6 is 0 Å². The summed E-state index contributed by atoms with van der Waals surface area (Å²) in [6.45, 7) is 5.46. The molecule has 2 rings (SSSR count). The maximum atomic E-state index is 12.9. The van der Waals surface area contributed by atoms with Crippen molar-refractivity contribution in [2.24, 2.45) is 11.7 Å². The second-order valence-electron chi connectivity index (χ2n) is 6.51. The summed E-state index contributed by atoms with van der Waals surface area (Å²) in [5, 5.41) is 3.15. The van der Waals surface area contributed by atoms with Gasteiger partial charge in [0, 0.05) is 6.54 Å². The van der Waals surface area contributed by atoms with E-state index >= 15 is 0 Å². The summed E-state index contributed by atoms with van der Waals surface area (Å²) in [4.78, 5) is 12.9. The van der Waals surface area contributed by atoms with Crippen LogP contribution in [0, 0.1) is 12.8 Å². The molecule has 1 unspecified atom stereocenters. The monoisotopic (exact) mass is 288 g/mol. The number of rotatable bonds is 5. The van der Waals surface area contributed by atoms with E-state index in [-0.39, 0.29) is 11.3 Å². The maximum absolute atomic E-state index is 12.9. The van der Waals surface area contributed by atoms with Crippen molar-refractivity contribution < 1.29 is 4.79 Å². The number of carbonyl (C=O) groups excluding carboxylic acids is 1. The van der Waals surface area contributed by atoms with Crippen molar-refractivity contribution in [3.05, 3.63) is 35.4 Å². The first-order valence-corrected chi connectivity index (χ1v) is 8.14. The van der Waals surface area contributed by atoms with Gasteiger partial charge in [0.25, 0.3) is 0 Å². The van der Waals surface area contributed by atoms with E-state index in [0.29, 0.717) is 19.0 Å². The fraction of sp³-hybridized carbons (Fsp3) is 0.611. The van der Waals surface area contributed by atoms with Crippen LogP contribution in [-0.2, 0) is 10.2 Å². The minimum atomic E-state index is -0.335. The number of hydrogen-bond acceptors (Lipinski definition) is 2. The zero-order valence-corrected chi connectivity index (χ0v) is 13.3. The molecule has 1 saturated carbocycles. The number of nitrogens with one attached hydrogen (secondary N) is 1. The van der Waals surface area contributed by atoms with Gasteiger partial charge in [0.1, 0.15) is 0 Å². The maximum Gasteiger partial charge on any atom is 0.230 e. The van der Waals surface area contributed by atoms with Gasteiger partial charge in [-0.3, -0.25) is 4.79 Å². The third kappa shape index (κ3) is 3.46. The predicted molar refractivity (Wildman–Crippen MR) is 87.2 cm³/mol. The molecule has 3 heteroatoms. The summed E-state index contributed by atoms with van der Waals surface area (Å²) in [6, 6.07) is 8.34. The Hall–Kier alpha value is -1.35. The van der Waals surface area contributed by atoms with Gasteiger partial charge in [-0.05, 0) is 43.4 Å². The van der Waals surface area contributed by atoms with Crippen LogP contribution in [0.1, 0.15) is 50.2 Å². The minimum Gasteiger partial charge on any atom is -0.355 e. The lowest BCUT2D eigenvalue weighted by atomic mass is 9.67. The van der Waals surface area contributed by atoms with Gasteiger partial charge in [-0.2, -0.15) is 0 Å². The first kappa shape index (κ1) is 16.0. The molecule has 0 aliphatic heterocycles. The van der Waals surface area contributed by atoms with Crippen molar-refractivity contribution in [3.63, 3.8) is 0 Å². The van der Waals surface area contributed by atoms with E-state index in [4.69, 9.17) is 5.73 Å². The van der Waals surface area contributed by atoms with Crippen LogP contribution in [0.5, 0.6) is 0 Å². The molecule has 0 heterocycles. The highest BCUT2D eigenvalue weighted by molar-refractivity contribution is 5.88. The van der Waals surface area contributed by atoms with Crippen molar-refractivity contribution >= 4 is 5.91 Å². The van der Waals surface area contributed by atoms with Crippen molar-refractivity contribution in [3.8, 4) is 0 Å². The molecule has 21 heavy (non-hydrogen) atoms. The molecule has 0 bridgehead atoms. The zero-order valence-electron chi connectivity index (χ0n) is 13.3. The largest absolute Gasteiger partial charge is 0.355 e. The lowest BCUT2D eigenvalue weighted by molar-refractivity contribution is -0.128. The van der Waals surface area contributed by atoms with Gasteiger partial charge >= 0.3 is 0 Å². The molecular weight excluding hydrogens is 260 g/mol. The molecule has 0 saturated heterocycles. The van der Waals surface area contributed by atoms with Gasteiger partial charge in [0.05, 0.1) is 5.41 Å². The summed E-state index contributed by atoms with van der Waals surface area (Å²) in [5.74, 6) is 0.517. The van der Waals surface area contributed by atoms with Crippen LogP contribution in [-0.4, -0.2) is 19.0 Å². The molecule has 1 aliphatic rings. The lowest BCUT2D eigenvalue weighted by Gasteiger charge is -2.37. The third-order valence-corrected chi connectivity index (χ3v) is 4.82. The van der Waals surface area contributed by atoms with Gasteiger partial charge in [-0.1, -0.05) is 50.5 Å². The number of benzene rings is 1. The van der Waals surface area contributed by atoms with Crippen LogP contribution < -0.4 is 11.1 Å². The summed E-state index contributed by atoms with van der Waals surface area (Å²) in [6.07, 6.45) is 5.42. The molecule has 0 aromatic heterocycles. The fourth-order valence-corrected chi connectivity index (χ4v) is 3.40. The molecule has 1 fully saturated rings. The summed E-state index contributed by atoms with van der Waals surface area (Å²) in [5.41, 5.74) is 7.75. The average molecular weight is 288 g/mol. The Morgan fingerprint density at radius 2 is 1.95 bits per heavy atom. The van der Waals surface area contributed by atoms with Crippen molar-refractivity contribution in [1.82, 2.24) is 5.32 Å². The molecule has 3 nitrogen and oxygen atoms in total. The second kappa shape index (κ2) is 7.08. The quantitative estimate of drug-likeness (QED) is 0.875. The SMILES string of the molecule is Cc1ccccc1C1(C(=O)NCC(C)CN)CCCCC1. The zero-order chi connectivity index (χ0) is 15.3. The Morgan fingerprint density at radius 3 is 2.57 bits per heavy atom. The van der Waals surface area contributed by atoms with Crippen LogP contribution in [0.4, 0.5) is 0 Å². The van der Waals surface area contributed by atoms with Gasteiger partial charge in [0.15, 0.2) is 0 Å². The van der Waals surface area contributed by atoms with Crippen LogP contribution in [0.25, 0.3) is 0 Å². The standard InChI is InChI=1S/C18H28N2O/c1-14(12-19)13-20-17(21)18(10-6-3-7-11-18)16-9-5-4-8-15(16)2/h4-5,8-9,14H,3,6-7,10-13,19H2,1-2H3,(H,20,21). The number of aryl methyl sites for hydroxylation is 1.